The first-order valence-electron chi connectivity index (χ1n) is 10.6. The molecule has 8 nitrogen and oxygen atoms in total. The zero-order valence-corrected chi connectivity index (χ0v) is 17.8. The average Bonchev–Trinajstić information content (AvgIpc) is 3.17. The third kappa shape index (κ3) is 5.43. The average molecular weight is 418 g/mol. The monoisotopic (exact) mass is 417 g/mol. The molecule has 2 aliphatic rings. The van der Waals surface area contributed by atoms with E-state index in [-0.39, 0.29) is 23.6 Å². The lowest BCUT2D eigenvalue weighted by molar-refractivity contribution is -0.138. The molecule has 1 atom stereocenters. The van der Waals surface area contributed by atoms with Gasteiger partial charge in [0, 0.05) is 57.2 Å². The van der Waals surface area contributed by atoms with Crippen LogP contribution >= 0.6 is 0 Å². The standard InChI is InChI=1S/C22H31N3O5/c1-29-18-8-6-16(19(13-18)30-2)14-23-22(28)17-7-9-21(27)25(15-17)12-4-11-24-10-3-5-20(24)26/h6,8,13,17H,3-5,7,9-12,14-15H2,1-2H3,(H,23,28)/t17-/m0/s1. The van der Waals surface area contributed by atoms with E-state index in [1.54, 1.807) is 25.2 Å². The van der Waals surface area contributed by atoms with Gasteiger partial charge in [-0.1, -0.05) is 0 Å². The Morgan fingerprint density at radius 2 is 1.87 bits per heavy atom. The van der Waals surface area contributed by atoms with Crippen molar-refractivity contribution in [1.29, 1.82) is 0 Å². The summed E-state index contributed by atoms with van der Waals surface area (Å²) in [5, 5.41) is 2.97. The van der Waals surface area contributed by atoms with E-state index in [1.165, 1.54) is 0 Å². The number of ether oxygens (including phenoxy) is 2. The van der Waals surface area contributed by atoms with Gasteiger partial charge in [0.15, 0.2) is 0 Å². The van der Waals surface area contributed by atoms with Gasteiger partial charge in [-0.25, -0.2) is 0 Å². The van der Waals surface area contributed by atoms with Crippen molar-refractivity contribution in [2.24, 2.45) is 5.92 Å². The molecule has 0 bridgehead atoms. The zero-order chi connectivity index (χ0) is 21.5. The van der Waals surface area contributed by atoms with E-state index in [4.69, 9.17) is 9.47 Å². The lowest BCUT2D eigenvalue weighted by Crippen LogP contribution is -2.46. The molecule has 0 radical (unpaired) electrons. The van der Waals surface area contributed by atoms with Crippen molar-refractivity contribution in [1.82, 2.24) is 15.1 Å². The van der Waals surface area contributed by atoms with E-state index in [1.807, 2.05) is 17.0 Å². The van der Waals surface area contributed by atoms with Crippen LogP contribution in [0.5, 0.6) is 11.5 Å². The molecule has 3 amide bonds. The van der Waals surface area contributed by atoms with Crippen molar-refractivity contribution in [3.05, 3.63) is 23.8 Å². The molecule has 0 aromatic heterocycles. The van der Waals surface area contributed by atoms with E-state index >= 15 is 0 Å². The van der Waals surface area contributed by atoms with Gasteiger partial charge in [0.1, 0.15) is 11.5 Å². The van der Waals surface area contributed by atoms with Crippen LogP contribution in [-0.2, 0) is 20.9 Å². The molecule has 3 rings (SSSR count). The van der Waals surface area contributed by atoms with Crippen LogP contribution in [0.2, 0.25) is 0 Å². The van der Waals surface area contributed by atoms with E-state index < -0.39 is 0 Å². The van der Waals surface area contributed by atoms with Crippen LogP contribution in [0.3, 0.4) is 0 Å². The molecule has 2 heterocycles. The number of carbonyl (C=O) groups is 3. The number of carbonyl (C=O) groups excluding carboxylic acids is 3. The lowest BCUT2D eigenvalue weighted by Gasteiger charge is -2.32. The van der Waals surface area contributed by atoms with Crippen LogP contribution in [0, 0.1) is 5.92 Å². The van der Waals surface area contributed by atoms with Gasteiger partial charge in [-0.15, -0.1) is 0 Å². The summed E-state index contributed by atoms with van der Waals surface area (Å²) in [6, 6.07) is 5.48. The molecular weight excluding hydrogens is 386 g/mol. The molecule has 8 heteroatoms. The highest BCUT2D eigenvalue weighted by Crippen LogP contribution is 2.25. The number of amides is 3. The fraction of sp³-hybridized carbons (Fsp3) is 0.591. The van der Waals surface area contributed by atoms with Crippen molar-refractivity contribution >= 4 is 17.7 Å². The highest BCUT2D eigenvalue weighted by molar-refractivity contribution is 5.83. The number of nitrogens with one attached hydrogen (secondary N) is 1. The zero-order valence-electron chi connectivity index (χ0n) is 17.8. The number of nitrogens with zero attached hydrogens (tertiary/aromatic N) is 2. The second-order valence-electron chi connectivity index (χ2n) is 7.81. The number of likely N-dealkylation sites (tertiary alicyclic amines) is 2. The Bertz CT molecular complexity index is 782. The maximum Gasteiger partial charge on any atom is 0.225 e. The Labute approximate surface area is 177 Å². The van der Waals surface area contributed by atoms with Crippen molar-refractivity contribution < 1.29 is 23.9 Å². The summed E-state index contributed by atoms with van der Waals surface area (Å²) in [6.45, 7) is 2.86. The third-order valence-corrected chi connectivity index (χ3v) is 5.85. The van der Waals surface area contributed by atoms with Crippen molar-refractivity contribution in [3.8, 4) is 11.5 Å². The molecule has 0 aliphatic carbocycles. The van der Waals surface area contributed by atoms with Gasteiger partial charge < -0.3 is 24.6 Å². The normalized spacial score (nSPS) is 19.2. The molecule has 164 valence electrons. The van der Waals surface area contributed by atoms with Crippen LogP contribution in [0.15, 0.2) is 18.2 Å². The summed E-state index contributed by atoms with van der Waals surface area (Å²) in [6.07, 6.45) is 3.24. The number of rotatable bonds is 9. The number of piperidine rings is 1. The summed E-state index contributed by atoms with van der Waals surface area (Å²) in [4.78, 5) is 40.3. The maximum absolute atomic E-state index is 12.7. The van der Waals surface area contributed by atoms with Gasteiger partial charge in [0.05, 0.1) is 20.1 Å². The minimum Gasteiger partial charge on any atom is -0.497 e. The van der Waals surface area contributed by atoms with Gasteiger partial charge in [-0.05, 0) is 31.4 Å². The van der Waals surface area contributed by atoms with E-state index in [0.29, 0.717) is 56.9 Å². The van der Waals surface area contributed by atoms with Crippen molar-refractivity contribution in [2.75, 3.05) is 40.4 Å². The van der Waals surface area contributed by atoms with Gasteiger partial charge in [-0.3, -0.25) is 14.4 Å². The quantitative estimate of drug-likeness (QED) is 0.659. The van der Waals surface area contributed by atoms with E-state index in [9.17, 15) is 14.4 Å². The highest BCUT2D eigenvalue weighted by atomic mass is 16.5. The van der Waals surface area contributed by atoms with Crippen LogP contribution in [-0.4, -0.2) is 67.9 Å². The highest BCUT2D eigenvalue weighted by Gasteiger charge is 2.30. The van der Waals surface area contributed by atoms with Gasteiger partial charge >= 0.3 is 0 Å². The first kappa shape index (κ1) is 21.9. The Hall–Kier alpha value is -2.77. The van der Waals surface area contributed by atoms with Crippen LogP contribution < -0.4 is 14.8 Å². The molecule has 0 unspecified atom stereocenters. The topological polar surface area (TPSA) is 88.2 Å². The molecule has 0 spiro atoms. The van der Waals surface area contributed by atoms with Crippen LogP contribution in [0.1, 0.15) is 37.7 Å². The molecule has 1 aromatic rings. The fourth-order valence-electron chi connectivity index (χ4n) is 4.06. The van der Waals surface area contributed by atoms with Crippen LogP contribution in [0.4, 0.5) is 0 Å². The summed E-state index contributed by atoms with van der Waals surface area (Å²) in [5.74, 6) is 1.36. The molecule has 30 heavy (non-hydrogen) atoms. The molecule has 1 N–H and O–H groups in total. The van der Waals surface area contributed by atoms with E-state index in [0.717, 1.165) is 24.9 Å². The minimum atomic E-state index is -0.222. The number of methoxy groups -OCH3 is 2. The first-order valence-corrected chi connectivity index (χ1v) is 10.6. The lowest BCUT2D eigenvalue weighted by atomic mass is 9.96. The molecule has 1 aromatic carbocycles. The molecule has 2 fully saturated rings. The SMILES string of the molecule is COc1ccc(CNC(=O)[C@H]2CCC(=O)N(CCCN3CCCC3=O)C2)c(OC)c1. The summed E-state index contributed by atoms with van der Waals surface area (Å²) in [5.41, 5.74) is 0.866. The second kappa shape index (κ2) is 10.3. The summed E-state index contributed by atoms with van der Waals surface area (Å²) < 4.78 is 10.6. The molecular formula is C22H31N3O5. The fourth-order valence-corrected chi connectivity index (χ4v) is 4.06. The van der Waals surface area contributed by atoms with Gasteiger partial charge in [0.2, 0.25) is 17.7 Å². The van der Waals surface area contributed by atoms with Gasteiger partial charge in [-0.2, -0.15) is 0 Å². The molecule has 2 saturated heterocycles. The number of hydrogen-bond acceptors (Lipinski definition) is 5. The van der Waals surface area contributed by atoms with Crippen molar-refractivity contribution in [2.45, 2.75) is 38.6 Å². The molecule has 0 saturated carbocycles. The Kier molecular flexibility index (Phi) is 7.54. The summed E-state index contributed by atoms with van der Waals surface area (Å²) >= 11 is 0. The smallest absolute Gasteiger partial charge is 0.225 e. The predicted molar refractivity (Wildman–Crippen MR) is 111 cm³/mol. The van der Waals surface area contributed by atoms with Crippen LogP contribution in [0.25, 0.3) is 0 Å². The minimum absolute atomic E-state index is 0.0555. The number of benzene rings is 1. The molecule has 2 aliphatic heterocycles. The van der Waals surface area contributed by atoms with E-state index in [2.05, 4.69) is 5.32 Å². The Morgan fingerprint density at radius 1 is 1.10 bits per heavy atom. The maximum atomic E-state index is 12.7. The Balaban J connectivity index is 1.48. The van der Waals surface area contributed by atoms with Crippen molar-refractivity contribution in [3.63, 3.8) is 0 Å². The largest absolute Gasteiger partial charge is 0.497 e. The Morgan fingerprint density at radius 3 is 2.57 bits per heavy atom. The second-order valence-corrected chi connectivity index (χ2v) is 7.81. The number of hydrogen-bond donors (Lipinski definition) is 1. The van der Waals surface area contributed by atoms with Gasteiger partial charge in [0.25, 0.3) is 0 Å². The summed E-state index contributed by atoms with van der Waals surface area (Å²) in [7, 11) is 3.18. The first-order chi connectivity index (χ1) is 14.5. The predicted octanol–water partition coefficient (Wildman–Crippen LogP) is 1.57. The third-order valence-electron chi connectivity index (χ3n) is 5.85.